The fraction of sp³-hybridized carbons (Fsp3) is 0.333. The molecule has 1 amide bonds. The highest BCUT2D eigenvalue weighted by Gasteiger charge is 2.25. The van der Waals surface area contributed by atoms with Crippen LogP contribution in [0.4, 0.5) is 5.69 Å². The molecule has 1 atom stereocenters. The number of amides is 1. The van der Waals surface area contributed by atoms with Crippen molar-refractivity contribution in [1.29, 1.82) is 0 Å². The average molecular weight is 415 g/mol. The van der Waals surface area contributed by atoms with E-state index in [-0.39, 0.29) is 43.3 Å². The van der Waals surface area contributed by atoms with Crippen LogP contribution in [0, 0.1) is 0 Å². The molecule has 0 aliphatic carbocycles. The summed E-state index contributed by atoms with van der Waals surface area (Å²) < 4.78 is 15.5. The predicted molar refractivity (Wildman–Crippen MR) is 109 cm³/mol. The molecule has 2 aromatic rings. The Morgan fingerprint density at radius 1 is 1.03 bits per heavy atom. The Kier molecular flexibility index (Phi) is 8.61. The number of ether oxygens (including phenoxy) is 3. The molecule has 2 rings (SSSR count). The van der Waals surface area contributed by atoms with Crippen LogP contribution in [0.1, 0.15) is 37.2 Å². The van der Waals surface area contributed by atoms with Crippen LogP contribution in [0.25, 0.3) is 0 Å². The maximum Gasteiger partial charge on any atom is 0.328 e. The summed E-state index contributed by atoms with van der Waals surface area (Å²) in [5.74, 6) is -1.17. The number of nitrogens with one attached hydrogen (secondary N) is 1. The van der Waals surface area contributed by atoms with Crippen molar-refractivity contribution in [3.63, 3.8) is 0 Å². The van der Waals surface area contributed by atoms with Crippen LogP contribution in [0.5, 0.6) is 11.6 Å². The van der Waals surface area contributed by atoms with Crippen molar-refractivity contribution < 1.29 is 28.6 Å². The highest BCUT2D eigenvalue weighted by molar-refractivity contribution is 5.95. The molecule has 0 spiro atoms. The van der Waals surface area contributed by atoms with E-state index < -0.39 is 23.9 Å². The van der Waals surface area contributed by atoms with Gasteiger partial charge >= 0.3 is 11.9 Å². The maximum absolute atomic E-state index is 12.7. The number of hydrogen-bond donors (Lipinski definition) is 2. The molecule has 0 fully saturated rings. The quantitative estimate of drug-likeness (QED) is 0.566. The van der Waals surface area contributed by atoms with E-state index in [2.05, 4.69) is 10.3 Å². The number of carbonyl (C=O) groups is 3. The molecular weight excluding hydrogens is 390 g/mol. The van der Waals surface area contributed by atoms with Crippen molar-refractivity contribution >= 4 is 23.5 Å². The highest BCUT2D eigenvalue weighted by atomic mass is 16.5. The van der Waals surface area contributed by atoms with E-state index in [1.165, 1.54) is 12.1 Å². The van der Waals surface area contributed by atoms with E-state index in [9.17, 15) is 14.4 Å². The lowest BCUT2D eigenvalue weighted by atomic mass is 10.1. The number of anilines is 1. The van der Waals surface area contributed by atoms with Crippen molar-refractivity contribution in [2.75, 3.05) is 18.9 Å². The fourth-order valence-corrected chi connectivity index (χ4v) is 2.48. The van der Waals surface area contributed by atoms with Gasteiger partial charge in [-0.1, -0.05) is 18.2 Å². The van der Waals surface area contributed by atoms with E-state index in [1.807, 2.05) is 6.07 Å². The zero-order chi connectivity index (χ0) is 21.9. The lowest BCUT2D eigenvalue weighted by molar-refractivity contribution is -0.146. The van der Waals surface area contributed by atoms with E-state index in [0.29, 0.717) is 5.75 Å². The van der Waals surface area contributed by atoms with Gasteiger partial charge in [-0.3, -0.25) is 9.59 Å². The van der Waals surface area contributed by atoms with E-state index in [0.717, 1.165) is 0 Å². The van der Waals surface area contributed by atoms with Gasteiger partial charge in [-0.25, -0.2) is 9.78 Å². The topological polar surface area (TPSA) is 130 Å². The number of pyridine rings is 1. The normalized spacial score (nSPS) is 11.3. The van der Waals surface area contributed by atoms with E-state index >= 15 is 0 Å². The molecule has 9 nitrogen and oxygen atoms in total. The zero-order valence-electron chi connectivity index (χ0n) is 16.9. The molecule has 1 aromatic carbocycles. The van der Waals surface area contributed by atoms with Crippen LogP contribution in [0.2, 0.25) is 0 Å². The highest BCUT2D eigenvalue weighted by Crippen LogP contribution is 2.25. The molecule has 0 aliphatic heterocycles. The van der Waals surface area contributed by atoms with Crippen LogP contribution in [-0.2, 0) is 19.1 Å². The fourth-order valence-electron chi connectivity index (χ4n) is 2.48. The van der Waals surface area contributed by atoms with Crippen molar-refractivity contribution in [3.05, 3.63) is 48.2 Å². The molecule has 0 radical (unpaired) electrons. The van der Waals surface area contributed by atoms with Gasteiger partial charge in [0.05, 0.1) is 18.9 Å². The van der Waals surface area contributed by atoms with Gasteiger partial charge in [-0.15, -0.1) is 0 Å². The lowest BCUT2D eigenvalue weighted by Gasteiger charge is -2.17. The van der Waals surface area contributed by atoms with Crippen molar-refractivity contribution in [2.45, 2.75) is 32.7 Å². The SMILES string of the molecule is CCOC(=O)CC[C@H](NC(=O)c1ccc(N)c(Oc2ccccc2)n1)C(=O)OCC. The van der Waals surface area contributed by atoms with Gasteiger partial charge < -0.3 is 25.3 Å². The molecule has 0 aliphatic rings. The molecule has 9 heteroatoms. The summed E-state index contributed by atoms with van der Waals surface area (Å²) >= 11 is 0. The summed E-state index contributed by atoms with van der Waals surface area (Å²) in [6, 6.07) is 10.7. The first-order chi connectivity index (χ1) is 14.4. The number of para-hydroxylation sites is 1. The Labute approximate surface area is 174 Å². The molecule has 30 heavy (non-hydrogen) atoms. The molecule has 0 saturated carbocycles. The molecule has 1 aromatic heterocycles. The number of benzene rings is 1. The number of esters is 2. The first kappa shape index (κ1) is 22.7. The standard InChI is InChI=1S/C21H25N3O6/c1-3-28-18(25)13-12-17(21(27)29-4-2)23-19(26)16-11-10-15(22)20(24-16)30-14-8-6-5-7-9-14/h5-11,17H,3-4,12-13,22H2,1-2H3,(H,23,26)/t17-/m0/s1. The van der Waals surface area contributed by atoms with E-state index in [1.54, 1.807) is 38.1 Å². The Morgan fingerprint density at radius 2 is 1.73 bits per heavy atom. The number of hydrogen-bond acceptors (Lipinski definition) is 8. The first-order valence-electron chi connectivity index (χ1n) is 9.57. The van der Waals surface area contributed by atoms with Gasteiger partial charge in [0.2, 0.25) is 5.88 Å². The van der Waals surface area contributed by atoms with Crippen LogP contribution >= 0.6 is 0 Å². The summed E-state index contributed by atoms with van der Waals surface area (Å²) in [6.45, 7) is 3.70. The van der Waals surface area contributed by atoms with Crippen LogP contribution in [0.3, 0.4) is 0 Å². The van der Waals surface area contributed by atoms with Gasteiger partial charge in [0.1, 0.15) is 17.5 Å². The van der Waals surface area contributed by atoms with Crippen molar-refractivity contribution in [1.82, 2.24) is 10.3 Å². The summed E-state index contributed by atoms with van der Waals surface area (Å²) in [4.78, 5) is 40.6. The smallest absolute Gasteiger partial charge is 0.328 e. The lowest BCUT2D eigenvalue weighted by Crippen LogP contribution is -2.42. The monoisotopic (exact) mass is 415 g/mol. The molecule has 0 unspecified atom stereocenters. The third-order valence-electron chi connectivity index (χ3n) is 3.90. The van der Waals surface area contributed by atoms with Crippen LogP contribution < -0.4 is 15.8 Å². The van der Waals surface area contributed by atoms with E-state index in [4.69, 9.17) is 19.9 Å². The molecule has 160 valence electrons. The number of carbonyl (C=O) groups excluding carboxylic acids is 3. The second-order valence-electron chi connectivity index (χ2n) is 6.13. The molecule has 0 bridgehead atoms. The first-order valence-corrected chi connectivity index (χ1v) is 9.57. The molecular formula is C21H25N3O6. The van der Waals surface area contributed by atoms with Crippen molar-refractivity contribution in [3.8, 4) is 11.6 Å². The second kappa shape index (κ2) is 11.4. The minimum absolute atomic E-state index is 0.000523. The maximum atomic E-state index is 12.7. The summed E-state index contributed by atoms with van der Waals surface area (Å²) in [5.41, 5.74) is 6.14. The van der Waals surface area contributed by atoms with Gasteiger partial charge in [0.25, 0.3) is 5.91 Å². The minimum atomic E-state index is -1.03. The Morgan fingerprint density at radius 3 is 2.40 bits per heavy atom. The van der Waals surface area contributed by atoms with Gasteiger partial charge in [-0.05, 0) is 44.5 Å². The summed E-state index contributed by atoms with van der Waals surface area (Å²) in [5, 5.41) is 2.55. The Bertz CT molecular complexity index is 872. The molecule has 3 N–H and O–H groups in total. The average Bonchev–Trinajstić information content (AvgIpc) is 2.73. The Hall–Kier alpha value is -3.62. The van der Waals surface area contributed by atoms with Crippen molar-refractivity contribution in [2.24, 2.45) is 0 Å². The van der Waals surface area contributed by atoms with Crippen LogP contribution in [0.15, 0.2) is 42.5 Å². The van der Waals surface area contributed by atoms with Crippen LogP contribution in [-0.4, -0.2) is 42.1 Å². The van der Waals surface area contributed by atoms with Gasteiger partial charge in [0, 0.05) is 6.42 Å². The number of nitrogens with two attached hydrogens (primary N) is 1. The summed E-state index contributed by atoms with van der Waals surface area (Å²) in [7, 11) is 0. The third kappa shape index (κ3) is 6.77. The largest absolute Gasteiger partial charge is 0.466 e. The Balaban J connectivity index is 2.12. The zero-order valence-corrected chi connectivity index (χ0v) is 16.9. The predicted octanol–water partition coefficient (Wildman–Crippen LogP) is 2.46. The van der Waals surface area contributed by atoms with Gasteiger partial charge in [0.15, 0.2) is 0 Å². The minimum Gasteiger partial charge on any atom is -0.466 e. The number of nitrogen functional groups attached to an aromatic ring is 1. The summed E-state index contributed by atoms with van der Waals surface area (Å²) in [6.07, 6.45) is -0.0130. The van der Waals surface area contributed by atoms with Gasteiger partial charge in [-0.2, -0.15) is 0 Å². The number of aromatic nitrogens is 1. The second-order valence-corrected chi connectivity index (χ2v) is 6.13. The number of rotatable bonds is 10. The molecule has 0 saturated heterocycles. The number of nitrogens with zero attached hydrogens (tertiary/aromatic N) is 1. The third-order valence-corrected chi connectivity index (χ3v) is 3.90. The molecule has 1 heterocycles.